The summed E-state index contributed by atoms with van der Waals surface area (Å²) in [6, 6.07) is 4.68. The Labute approximate surface area is 176 Å². The molecule has 2 fully saturated rings. The lowest BCUT2D eigenvalue weighted by atomic mass is 10.0. The molecular formula is C20H20N6O5. The third kappa shape index (κ3) is 3.56. The zero-order chi connectivity index (χ0) is 21.5. The molecule has 160 valence electrons. The van der Waals surface area contributed by atoms with Crippen LogP contribution in [0.15, 0.2) is 24.4 Å². The van der Waals surface area contributed by atoms with Gasteiger partial charge < -0.3 is 14.5 Å². The van der Waals surface area contributed by atoms with Gasteiger partial charge in [0, 0.05) is 25.1 Å². The van der Waals surface area contributed by atoms with Gasteiger partial charge in [-0.05, 0) is 30.2 Å². The number of hydrogen-bond acceptors (Lipinski definition) is 7. The second kappa shape index (κ2) is 7.58. The number of nitrogens with zero attached hydrogens (tertiary/aromatic N) is 5. The zero-order valence-corrected chi connectivity index (χ0v) is 16.6. The molecular weight excluding hydrogens is 404 g/mol. The summed E-state index contributed by atoms with van der Waals surface area (Å²) < 4.78 is 6.73. The number of imide groups is 1. The number of fused-ring (bicyclic) bond motifs is 1. The number of ether oxygens (including phenoxy) is 1. The highest BCUT2D eigenvalue weighted by Crippen LogP contribution is 2.29. The summed E-state index contributed by atoms with van der Waals surface area (Å²) in [6.45, 7) is 1.74. The molecule has 2 aromatic rings. The highest BCUT2D eigenvalue weighted by Gasteiger charge is 2.39. The van der Waals surface area contributed by atoms with E-state index in [-0.39, 0.29) is 37.3 Å². The number of carbonyl (C=O) groups excluding carboxylic acids is 4. The van der Waals surface area contributed by atoms with Gasteiger partial charge in [-0.25, -0.2) is 4.68 Å². The number of hydrogen-bond donors (Lipinski definition) is 1. The van der Waals surface area contributed by atoms with Crippen molar-refractivity contribution in [1.29, 1.82) is 0 Å². The molecule has 11 nitrogen and oxygen atoms in total. The van der Waals surface area contributed by atoms with Gasteiger partial charge in [-0.1, -0.05) is 5.21 Å². The van der Waals surface area contributed by atoms with Gasteiger partial charge >= 0.3 is 0 Å². The molecule has 11 heteroatoms. The minimum atomic E-state index is -0.648. The van der Waals surface area contributed by atoms with Crippen LogP contribution >= 0.6 is 0 Å². The highest BCUT2D eigenvalue weighted by atomic mass is 16.5. The number of benzene rings is 1. The van der Waals surface area contributed by atoms with Crippen LogP contribution in [0.5, 0.6) is 0 Å². The van der Waals surface area contributed by atoms with Crippen molar-refractivity contribution in [2.45, 2.75) is 32.0 Å². The van der Waals surface area contributed by atoms with Gasteiger partial charge in [0.15, 0.2) is 0 Å². The summed E-state index contributed by atoms with van der Waals surface area (Å²) in [6.07, 6.45) is 2.29. The van der Waals surface area contributed by atoms with E-state index < -0.39 is 11.9 Å². The Bertz CT molecular complexity index is 1100. The number of piperidine rings is 1. The van der Waals surface area contributed by atoms with Crippen LogP contribution in [0.25, 0.3) is 5.69 Å². The molecule has 0 bridgehead atoms. The van der Waals surface area contributed by atoms with Crippen LogP contribution in [-0.2, 0) is 32.2 Å². The molecule has 2 saturated heterocycles. The predicted octanol–water partition coefficient (Wildman–Crippen LogP) is -0.613. The predicted molar refractivity (Wildman–Crippen MR) is 104 cm³/mol. The second-order valence-corrected chi connectivity index (χ2v) is 7.76. The van der Waals surface area contributed by atoms with E-state index in [9.17, 15) is 19.2 Å². The standard InChI is InChI=1S/C20H20N6O5/c27-17-4-3-16(19(29)21-17)25-8-12-7-14(1-2-15(12)20(25)30)26-10-13(22-23-26)9-24-5-6-31-11-18(24)28/h1-2,7,10,16H,3-6,8-9,11H2,(H,21,27,29). The summed E-state index contributed by atoms with van der Waals surface area (Å²) in [4.78, 5) is 51.5. The number of nitrogens with one attached hydrogen (secondary N) is 1. The Morgan fingerprint density at radius 3 is 2.87 bits per heavy atom. The van der Waals surface area contributed by atoms with E-state index in [0.29, 0.717) is 37.4 Å². The van der Waals surface area contributed by atoms with E-state index in [1.54, 1.807) is 27.9 Å². The van der Waals surface area contributed by atoms with Gasteiger partial charge in [0.05, 0.1) is 25.0 Å². The Kier molecular flexibility index (Phi) is 4.74. The minimum absolute atomic E-state index is 0.0783. The van der Waals surface area contributed by atoms with Crippen molar-refractivity contribution in [3.05, 3.63) is 41.2 Å². The van der Waals surface area contributed by atoms with E-state index in [1.165, 1.54) is 4.90 Å². The molecule has 1 aromatic heterocycles. The molecule has 0 radical (unpaired) electrons. The first kappa shape index (κ1) is 19.4. The molecule has 0 aliphatic carbocycles. The maximum atomic E-state index is 12.8. The van der Waals surface area contributed by atoms with Crippen molar-refractivity contribution in [3.8, 4) is 5.69 Å². The lowest BCUT2D eigenvalue weighted by Crippen LogP contribution is -2.52. The molecule has 4 amide bonds. The maximum Gasteiger partial charge on any atom is 0.255 e. The normalized spacial score (nSPS) is 21.5. The molecule has 3 aliphatic heterocycles. The SMILES string of the molecule is O=C1CCC(N2Cc3cc(-n4cc(CN5CCOCC5=O)nn4)ccc3C2=O)C(=O)N1. The van der Waals surface area contributed by atoms with Gasteiger partial charge in [-0.2, -0.15) is 0 Å². The lowest BCUT2D eigenvalue weighted by molar-refractivity contribution is -0.143. The van der Waals surface area contributed by atoms with Crippen LogP contribution in [0.1, 0.15) is 34.5 Å². The van der Waals surface area contributed by atoms with Crippen molar-refractivity contribution in [1.82, 2.24) is 30.1 Å². The van der Waals surface area contributed by atoms with E-state index in [2.05, 4.69) is 15.6 Å². The molecule has 1 atom stereocenters. The summed E-state index contributed by atoms with van der Waals surface area (Å²) >= 11 is 0. The quantitative estimate of drug-likeness (QED) is 0.649. The zero-order valence-electron chi connectivity index (χ0n) is 16.6. The van der Waals surface area contributed by atoms with Crippen LogP contribution in [0.4, 0.5) is 0 Å². The minimum Gasteiger partial charge on any atom is -0.370 e. The Morgan fingerprint density at radius 2 is 2.06 bits per heavy atom. The van der Waals surface area contributed by atoms with Crippen LogP contribution in [0.3, 0.4) is 0 Å². The van der Waals surface area contributed by atoms with Gasteiger partial charge in [-0.15, -0.1) is 5.10 Å². The smallest absolute Gasteiger partial charge is 0.255 e. The monoisotopic (exact) mass is 424 g/mol. The van der Waals surface area contributed by atoms with Crippen LogP contribution < -0.4 is 5.32 Å². The fourth-order valence-electron chi connectivity index (χ4n) is 4.11. The van der Waals surface area contributed by atoms with Gasteiger partial charge in [0.1, 0.15) is 18.3 Å². The van der Waals surface area contributed by atoms with E-state index >= 15 is 0 Å². The maximum absolute atomic E-state index is 12.8. The molecule has 31 heavy (non-hydrogen) atoms. The van der Waals surface area contributed by atoms with Crippen LogP contribution in [0, 0.1) is 0 Å². The highest BCUT2D eigenvalue weighted by molar-refractivity contribution is 6.05. The number of rotatable bonds is 4. The van der Waals surface area contributed by atoms with Crippen molar-refractivity contribution in [3.63, 3.8) is 0 Å². The van der Waals surface area contributed by atoms with Gasteiger partial charge in [0.25, 0.3) is 5.91 Å². The molecule has 0 spiro atoms. The van der Waals surface area contributed by atoms with Crippen molar-refractivity contribution in [2.24, 2.45) is 0 Å². The summed E-state index contributed by atoms with van der Waals surface area (Å²) in [7, 11) is 0. The molecule has 1 aromatic carbocycles. The summed E-state index contributed by atoms with van der Waals surface area (Å²) in [5, 5.41) is 10.6. The lowest BCUT2D eigenvalue weighted by Gasteiger charge is -2.29. The van der Waals surface area contributed by atoms with Crippen molar-refractivity contribution >= 4 is 23.6 Å². The van der Waals surface area contributed by atoms with Gasteiger partial charge in [-0.3, -0.25) is 24.5 Å². The van der Waals surface area contributed by atoms with Gasteiger partial charge in [0.2, 0.25) is 17.7 Å². The van der Waals surface area contributed by atoms with Crippen LogP contribution in [-0.4, -0.2) is 74.2 Å². The number of amides is 4. The fourth-order valence-corrected chi connectivity index (χ4v) is 4.11. The van der Waals surface area contributed by atoms with E-state index in [0.717, 1.165) is 11.3 Å². The number of morpholine rings is 1. The number of aromatic nitrogens is 3. The molecule has 5 rings (SSSR count). The third-order valence-corrected chi connectivity index (χ3v) is 5.75. The largest absolute Gasteiger partial charge is 0.370 e. The summed E-state index contributed by atoms with van der Waals surface area (Å²) in [5.41, 5.74) is 2.70. The number of carbonyl (C=O) groups is 4. The van der Waals surface area contributed by atoms with Crippen molar-refractivity contribution in [2.75, 3.05) is 19.8 Å². The third-order valence-electron chi connectivity index (χ3n) is 5.75. The fraction of sp³-hybridized carbons (Fsp3) is 0.400. The van der Waals surface area contributed by atoms with Crippen molar-refractivity contribution < 1.29 is 23.9 Å². The van der Waals surface area contributed by atoms with Crippen LogP contribution in [0.2, 0.25) is 0 Å². The molecule has 4 heterocycles. The Hall–Kier alpha value is -3.60. The van der Waals surface area contributed by atoms with E-state index in [4.69, 9.17) is 4.74 Å². The molecule has 1 N–H and O–H groups in total. The molecule has 1 unspecified atom stereocenters. The second-order valence-electron chi connectivity index (χ2n) is 7.76. The average molecular weight is 424 g/mol. The Morgan fingerprint density at radius 1 is 1.19 bits per heavy atom. The summed E-state index contributed by atoms with van der Waals surface area (Å²) in [5.74, 6) is -1.05. The first-order valence-electron chi connectivity index (χ1n) is 10.0. The molecule has 0 saturated carbocycles. The molecule has 3 aliphatic rings. The average Bonchev–Trinajstić information content (AvgIpc) is 3.34. The first-order chi connectivity index (χ1) is 15.0. The topological polar surface area (TPSA) is 127 Å². The first-order valence-corrected chi connectivity index (χ1v) is 10.0. The Balaban J connectivity index is 1.33. The van der Waals surface area contributed by atoms with E-state index in [1.807, 2.05) is 6.07 Å².